The van der Waals surface area contributed by atoms with E-state index in [0.717, 1.165) is 18.1 Å². The van der Waals surface area contributed by atoms with Crippen molar-refractivity contribution in [2.45, 2.75) is 57.8 Å². The molecule has 3 rings (SSSR count). The van der Waals surface area contributed by atoms with E-state index in [9.17, 15) is 13.6 Å². The largest absolute Gasteiger partial charge is 0.420 e. The van der Waals surface area contributed by atoms with E-state index < -0.39 is 17.6 Å². The third-order valence-electron chi connectivity index (χ3n) is 5.53. The average Bonchev–Trinajstić information content (AvgIpc) is 2.69. The van der Waals surface area contributed by atoms with Crippen molar-refractivity contribution in [2.75, 3.05) is 0 Å². The Morgan fingerprint density at radius 3 is 2.37 bits per heavy atom. The van der Waals surface area contributed by atoms with E-state index in [1.54, 1.807) is 12.1 Å². The molecule has 0 atom stereocenters. The minimum absolute atomic E-state index is 0.268. The zero-order chi connectivity index (χ0) is 19.2. The summed E-state index contributed by atoms with van der Waals surface area (Å²) in [5, 5.41) is 0. The molecule has 2 aromatic carbocycles. The minimum atomic E-state index is -0.889. The molecule has 2 nitrogen and oxygen atoms in total. The maximum absolute atomic E-state index is 13.6. The maximum Gasteiger partial charge on any atom is 0.343 e. The summed E-state index contributed by atoms with van der Waals surface area (Å²) < 4.78 is 31.6. The van der Waals surface area contributed by atoms with Crippen LogP contribution in [0.3, 0.4) is 0 Å². The molecule has 0 amide bonds. The molecule has 0 N–H and O–H groups in total. The third kappa shape index (κ3) is 5.15. The Labute approximate surface area is 159 Å². The Morgan fingerprint density at radius 2 is 1.74 bits per heavy atom. The predicted molar refractivity (Wildman–Crippen MR) is 102 cm³/mol. The highest BCUT2D eigenvalue weighted by atomic mass is 19.1. The summed E-state index contributed by atoms with van der Waals surface area (Å²) in [7, 11) is 0. The van der Waals surface area contributed by atoms with Crippen molar-refractivity contribution in [2.24, 2.45) is 5.92 Å². The summed E-state index contributed by atoms with van der Waals surface area (Å²) in [6.45, 7) is 2.24. The molecular formula is C23H26F2O2. The Balaban J connectivity index is 1.58. The fourth-order valence-electron chi connectivity index (χ4n) is 3.89. The van der Waals surface area contributed by atoms with Crippen molar-refractivity contribution < 1.29 is 18.3 Å². The van der Waals surface area contributed by atoms with Crippen LogP contribution < -0.4 is 4.74 Å². The van der Waals surface area contributed by atoms with Gasteiger partial charge in [0.15, 0.2) is 11.6 Å². The minimum Gasteiger partial charge on any atom is -0.420 e. The fourth-order valence-corrected chi connectivity index (χ4v) is 3.89. The second-order valence-electron chi connectivity index (χ2n) is 7.45. The van der Waals surface area contributed by atoms with E-state index in [0.29, 0.717) is 17.5 Å². The molecule has 1 fully saturated rings. The van der Waals surface area contributed by atoms with Crippen LogP contribution in [0.2, 0.25) is 0 Å². The van der Waals surface area contributed by atoms with E-state index in [4.69, 9.17) is 4.74 Å². The second-order valence-corrected chi connectivity index (χ2v) is 7.45. The third-order valence-corrected chi connectivity index (χ3v) is 5.53. The first-order valence-electron chi connectivity index (χ1n) is 9.84. The van der Waals surface area contributed by atoms with Crippen LogP contribution in [-0.4, -0.2) is 5.97 Å². The standard InChI is InChI=1S/C23H26F2O2/c1-2-3-4-16-5-7-17(8-6-16)18-9-11-19(12-10-18)23(26)27-22-14-13-20(24)15-21(22)25/h9-17H,2-8H2,1H3. The molecule has 0 radical (unpaired) electrons. The Bertz CT molecular complexity index is 762. The van der Waals surface area contributed by atoms with E-state index in [2.05, 4.69) is 6.92 Å². The van der Waals surface area contributed by atoms with E-state index in [1.165, 1.54) is 50.5 Å². The van der Waals surface area contributed by atoms with Crippen molar-refractivity contribution in [3.8, 4) is 5.75 Å². The number of esters is 1. The zero-order valence-corrected chi connectivity index (χ0v) is 15.7. The van der Waals surface area contributed by atoms with Crippen LogP contribution in [0.4, 0.5) is 8.78 Å². The topological polar surface area (TPSA) is 26.3 Å². The molecule has 0 spiro atoms. The number of halogens is 2. The van der Waals surface area contributed by atoms with E-state index >= 15 is 0 Å². The van der Waals surface area contributed by atoms with Crippen molar-refractivity contribution in [3.63, 3.8) is 0 Å². The van der Waals surface area contributed by atoms with Gasteiger partial charge in [-0.3, -0.25) is 0 Å². The number of ether oxygens (including phenoxy) is 1. The highest BCUT2D eigenvalue weighted by Gasteiger charge is 2.22. The van der Waals surface area contributed by atoms with Crippen LogP contribution in [0.5, 0.6) is 5.75 Å². The smallest absolute Gasteiger partial charge is 0.343 e. The molecule has 0 aromatic heterocycles. The Hall–Kier alpha value is -2.23. The number of hydrogen-bond donors (Lipinski definition) is 0. The van der Waals surface area contributed by atoms with E-state index in [-0.39, 0.29) is 5.75 Å². The maximum atomic E-state index is 13.6. The second kappa shape index (κ2) is 9.12. The lowest BCUT2D eigenvalue weighted by Crippen LogP contribution is -2.14. The lowest BCUT2D eigenvalue weighted by atomic mass is 9.77. The van der Waals surface area contributed by atoms with Crippen LogP contribution in [0.1, 0.15) is 73.7 Å². The number of hydrogen-bond acceptors (Lipinski definition) is 2. The van der Waals surface area contributed by atoms with Crippen LogP contribution in [0.15, 0.2) is 42.5 Å². The SMILES string of the molecule is CCCCC1CCC(c2ccc(C(=O)Oc3ccc(F)cc3F)cc2)CC1. The molecular weight excluding hydrogens is 346 g/mol. The fraction of sp³-hybridized carbons (Fsp3) is 0.435. The average molecular weight is 372 g/mol. The molecule has 0 aliphatic heterocycles. The summed E-state index contributed by atoms with van der Waals surface area (Å²) in [6.07, 6.45) is 8.86. The number of carbonyl (C=O) groups excluding carboxylic acids is 1. The number of benzene rings is 2. The lowest BCUT2D eigenvalue weighted by molar-refractivity contribution is 0.0727. The van der Waals surface area contributed by atoms with Gasteiger partial charge in [0.25, 0.3) is 0 Å². The highest BCUT2D eigenvalue weighted by molar-refractivity contribution is 5.91. The molecule has 0 heterocycles. The van der Waals surface area contributed by atoms with Crippen molar-refractivity contribution in [1.82, 2.24) is 0 Å². The first-order chi connectivity index (χ1) is 13.1. The van der Waals surface area contributed by atoms with Gasteiger partial charge >= 0.3 is 5.97 Å². The van der Waals surface area contributed by atoms with Gasteiger partial charge in [-0.15, -0.1) is 0 Å². The molecule has 1 saturated carbocycles. The van der Waals surface area contributed by atoms with Crippen molar-refractivity contribution >= 4 is 5.97 Å². The molecule has 144 valence electrons. The van der Waals surface area contributed by atoms with Gasteiger partial charge in [-0.25, -0.2) is 13.6 Å². The molecule has 0 bridgehead atoms. The van der Waals surface area contributed by atoms with Gasteiger partial charge in [-0.1, -0.05) is 38.3 Å². The summed E-state index contributed by atoms with van der Waals surface area (Å²) in [5.41, 5.74) is 1.60. The first kappa shape index (κ1) is 19.5. The van der Waals surface area contributed by atoms with Gasteiger partial charge in [0, 0.05) is 6.07 Å². The van der Waals surface area contributed by atoms with Crippen molar-refractivity contribution in [3.05, 3.63) is 65.2 Å². The lowest BCUT2D eigenvalue weighted by Gasteiger charge is -2.28. The monoisotopic (exact) mass is 372 g/mol. The van der Waals surface area contributed by atoms with Crippen molar-refractivity contribution in [1.29, 1.82) is 0 Å². The summed E-state index contributed by atoms with van der Waals surface area (Å²) in [4.78, 5) is 12.2. The van der Waals surface area contributed by atoms with Crippen LogP contribution in [0, 0.1) is 17.6 Å². The summed E-state index contributed by atoms with van der Waals surface area (Å²) in [6, 6.07) is 10.3. The Morgan fingerprint density at radius 1 is 1.04 bits per heavy atom. The van der Waals surface area contributed by atoms with Gasteiger partial charge in [-0.05, 0) is 67.3 Å². The molecule has 0 saturated heterocycles. The molecule has 1 aliphatic carbocycles. The van der Waals surface area contributed by atoms with Crippen LogP contribution >= 0.6 is 0 Å². The number of carbonyl (C=O) groups is 1. The molecule has 27 heavy (non-hydrogen) atoms. The quantitative estimate of drug-likeness (QED) is 0.419. The van der Waals surface area contributed by atoms with E-state index in [1.807, 2.05) is 12.1 Å². The normalized spacial score (nSPS) is 19.7. The van der Waals surface area contributed by atoms with Crippen LogP contribution in [0.25, 0.3) is 0 Å². The van der Waals surface area contributed by atoms with Crippen LogP contribution in [-0.2, 0) is 0 Å². The highest BCUT2D eigenvalue weighted by Crippen LogP contribution is 2.37. The van der Waals surface area contributed by atoms with Gasteiger partial charge < -0.3 is 4.74 Å². The van der Waals surface area contributed by atoms with Gasteiger partial charge in [0.2, 0.25) is 0 Å². The first-order valence-corrected chi connectivity index (χ1v) is 9.84. The Kier molecular flexibility index (Phi) is 6.59. The number of rotatable bonds is 6. The van der Waals surface area contributed by atoms with Gasteiger partial charge in [0.1, 0.15) is 5.82 Å². The molecule has 0 unspecified atom stereocenters. The predicted octanol–water partition coefficient (Wildman–Crippen LogP) is 6.65. The summed E-state index contributed by atoms with van der Waals surface area (Å²) in [5.74, 6) is -1.10. The number of unbranched alkanes of at least 4 members (excludes halogenated alkanes) is 1. The molecule has 4 heteroatoms. The molecule has 1 aliphatic rings. The molecule has 2 aromatic rings. The van der Waals surface area contributed by atoms with Gasteiger partial charge in [0.05, 0.1) is 5.56 Å². The summed E-state index contributed by atoms with van der Waals surface area (Å²) >= 11 is 0. The van der Waals surface area contributed by atoms with Gasteiger partial charge in [-0.2, -0.15) is 0 Å². The zero-order valence-electron chi connectivity index (χ0n) is 15.7.